The SMILES string of the molecule is CC1CC(c2cc(F)c3nnc([C@@H](C)N4C=CC5C6N=CC=CC56C4=O)n3c2)=NC=C1Cl. The van der Waals surface area contributed by atoms with Crippen LogP contribution in [0.25, 0.3) is 5.65 Å². The minimum Gasteiger partial charge on any atom is -0.308 e. The van der Waals surface area contributed by atoms with Gasteiger partial charge in [-0.3, -0.25) is 19.2 Å². The van der Waals surface area contributed by atoms with E-state index in [0.29, 0.717) is 22.8 Å². The van der Waals surface area contributed by atoms with Crippen LogP contribution < -0.4 is 0 Å². The standard InChI is InChI=1S/C23H20ClFN6O/c1-12-8-18(27-10-16(12)24)14-9-17(25)21-29-28-20(31(21)11-14)13(2)30-7-4-15-19-23(15,22(30)32)5-3-6-26-19/h3-7,9-13,15,19H,8H2,1-2H3/t12?,13-,15?,19?,23?/m1/s1. The summed E-state index contributed by atoms with van der Waals surface area (Å²) in [6, 6.07) is 0.936. The highest BCUT2D eigenvalue weighted by Gasteiger charge is 2.70. The van der Waals surface area contributed by atoms with Crippen LogP contribution in [-0.4, -0.2) is 43.4 Å². The van der Waals surface area contributed by atoms with E-state index in [-0.39, 0.29) is 29.4 Å². The van der Waals surface area contributed by atoms with Gasteiger partial charge in [0, 0.05) is 47.0 Å². The molecule has 1 fully saturated rings. The van der Waals surface area contributed by atoms with Gasteiger partial charge in [0.2, 0.25) is 5.91 Å². The number of rotatable bonds is 3. The van der Waals surface area contributed by atoms with E-state index in [9.17, 15) is 9.18 Å². The van der Waals surface area contributed by atoms with Crippen LogP contribution in [0.1, 0.15) is 37.7 Å². The van der Waals surface area contributed by atoms with Crippen LogP contribution in [0.2, 0.25) is 0 Å². The molecule has 6 rings (SSSR count). The van der Waals surface area contributed by atoms with Crippen LogP contribution in [-0.2, 0) is 4.79 Å². The van der Waals surface area contributed by atoms with Crippen molar-refractivity contribution in [1.82, 2.24) is 19.5 Å². The van der Waals surface area contributed by atoms with Crippen LogP contribution in [0.4, 0.5) is 4.39 Å². The Bertz CT molecular complexity index is 1320. The lowest BCUT2D eigenvalue weighted by molar-refractivity contribution is -0.135. The highest BCUT2D eigenvalue weighted by atomic mass is 35.5. The molecule has 7 nitrogen and oxygen atoms in total. The summed E-state index contributed by atoms with van der Waals surface area (Å²) in [5.41, 5.74) is 0.899. The van der Waals surface area contributed by atoms with Gasteiger partial charge in [-0.05, 0) is 31.4 Å². The lowest BCUT2D eigenvalue weighted by Crippen LogP contribution is -2.39. The van der Waals surface area contributed by atoms with Gasteiger partial charge < -0.3 is 4.90 Å². The monoisotopic (exact) mass is 450 g/mol. The van der Waals surface area contributed by atoms with E-state index >= 15 is 0 Å². The number of halogens is 2. The molecule has 1 amide bonds. The molecule has 162 valence electrons. The molecule has 0 saturated heterocycles. The maximum absolute atomic E-state index is 14.9. The van der Waals surface area contributed by atoms with Crippen molar-refractivity contribution >= 4 is 35.1 Å². The lowest BCUT2D eigenvalue weighted by atomic mass is 9.96. The number of pyridine rings is 1. The smallest absolute Gasteiger partial charge is 0.240 e. The van der Waals surface area contributed by atoms with Gasteiger partial charge in [-0.2, -0.15) is 0 Å². The van der Waals surface area contributed by atoms with Crippen molar-refractivity contribution in [3.8, 4) is 0 Å². The number of dihydropyridines is 1. The zero-order valence-corrected chi connectivity index (χ0v) is 18.2. The molecule has 9 heteroatoms. The highest BCUT2D eigenvalue weighted by molar-refractivity contribution is 6.30. The molecule has 5 heterocycles. The Kier molecular flexibility index (Phi) is 4.08. The predicted molar refractivity (Wildman–Crippen MR) is 119 cm³/mol. The summed E-state index contributed by atoms with van der Waals surface area (Å²) in [6.07, 6.45) is 13.4. The van der Waals surface area contributed by atoms with Crippen molar-refractivity contribution in [1.29, 1.82) is 0 Å². The molecule has 5 atom stereocenters. The van der Waals surface area contributed by atoms with E-state index in [4.69, 9.17) is 11.6 Å². The second-order valence-electron chi connectivity index (χ2n) is 8.81. The summed E-state index contributed by atoms with van der Waals surface area (Å²) >= 11 is 6.16. The number of aliphatic imine (C=N–C) groups is 2. The number of amides is 1. The van der Waals surface area contributed by atoms with Crippen LogP contribution >= 0.6 is 11.6 Å². The Morgan fingerprint density at radius 1 is 1.34 bits per heavy atom. The predicted octanol–water partition coefficient (Wildman–Crippen LogP) is 3.82. The normalized spacial score (nSPS) is 31.3. The summed E-state index contributed by atoms with van der Waals surface area (Å²) in [7, 11) is 0. The Hall–Kier alpha value is -3.13. The number of fused-ring (bicyclic) bond motifs is 2. The summed E-state index contributed by atoms with van der Waals surface area (Å²) < 4.78 is 16.5. The fraction of sp³-hybridized carbons (Fsp3) is 0.348. The first-order valence-electron chi connectivity index (χ1n) is 10.6. The molecule has 2 aromatic heterocycles. The Labute approximate surface area is 188 Å². The molecule has 1 spiro atoms. The van der Waals surface area contributed by atoms with Crippen molar-refractivity contribution in [3.63, 3.8) is 0 Å². The average molecular weight is 451 g/mol. The maximum atomic E-state index is 14.9. The number of hydrogen-bond acceptors (Lipinski definition) is 5. The molecule has 4 aliphatic rings. The van der Waals surface area contributed by atoms with E-state index in [1.807, 2.05) is 32.1 Å². The van der Waals surface area contributed by atoms with Gasteiger partial charge in [0.25, 0.3) is 0 Å². The van der Waals surface area contributed by atoms with Crippen LogP contribution in [0.3, 0.4) is 0 Å². The minimum atomic E-state index is -0.604. The first-order chi connectivity index (χ1) is 15.4. The summed E-state index contributed by atoms with van der Waals surface area (Å²) in [5, 5.41) is 8.97. The number of aromatic nitrogens is 3. The molecule has 0 N–H and O–H groups in total. The third kappa shape index (κ3) is 2.56. The number of allylic oxidation sites excluding steroid dienone is 2. The summed E-state index contributed by atoms with van der Waals surface area (Å²) in [5.74, 6) is 0.179. The number of carbonyl (C=O) groups is 1. The van der Waals surface area contributed by atoms with Gasteiger partial charge in [-0.25, -0.2) is 4.39 Å². The topological polar surface area (TPSA) is 75.2 Å². The molecule has 32 heavy (non-hydrogen) atoms. The molecule has 4 unspecified atom stereocenters. The molecule has 3 aliphatic heterocycles. The van der Waals surface area contributed by atoms with Crippen LogP contribution in [0, 0.1) is 23.1 Å². The number of hydrogen-bond donors (Lipinski definition) is 0. The van der Waals surface area contributed by atoms with Gasteiger partial charge >= 0.3 is 0 Å². The average Bonchev–Trinajstić information content (AvgIpc) is 3.28. The molecule has 0 aromatic carbocycles. The van der Waals surface area contributed by atoms with Crippen molar-refractivity contribution in [3.05, 3.63) is 65.1 Å². The second-order valence-corrected chi connectivity index (χ2v) is 9.25. The van der Waals surface area contributed by atoms with Gasteiger partial charge in [-0.15, -0.1) is 10.2 Å². The third-order valence-corrected chi connectivity index (χ3v) is 7.43. The van der Waals surface area contributed by atoms with E-state index in [1.165, 1.54) is 6.07 Å². The van der Waals surface area contributed by atoms with Crippen molar-refractivity contribution in [2.75, 3.05) is 0 Å². The van der Waals surface area contributed by atoms with Crippen molar-refractivity contribution in [2.45, 2.75) is 32.4 Å². The minimum absolute atomic E-state index is 0.0192. The molecular formula is C23H20ClFN6O. The van der Waals surface area contributed by atoms with E-state index < -0.39 is 17.3 Å². The van der Waals surface area contributed by atoms with Crippen molar-refractivity contribution < 1.29 is 9.18 Å². The lowest BCUT2D eigenvalue weighted by Gasteiger charge is -2.30. The number of nitrogens with zero attached hydrogens (tertiary/aromatic N) is 6. The largest absolute Gasteiger partial charge is 0.308 e. The zero-order chi connectivity index (χ0) is 22.2. The fourth-order valence-corrected chi connectivity index (χ4v) is 5.14. The first kappa shape index (κ1) is 19.5. The first-order valence-corrected chi connectivity index (χ1v) is 11.0. The van der Waals surface area contributed by atoms with Crippen LogP contribution in [0.5, 0.6) is 0 Å². The fourth-order valence-electron chi connectivity index (χ4n) is 5.01. The molecule has 2 aromatic rings. The van der Waals surface area contributed by atoms with Gasteiger partial charge in [0.1, 0.15) is 0 Å². The second kappa shape index (κ2) is 6.68. The molecular weight excluding hydrogens is 431 g/mol. The molecule has 0 radical (unpaired) electrons. The zero-order valence-electron chi connectivity index (χ0n) is 17.5. The molecule has 1 aliphatic carbocycles. The summed E-state index contributed by atoms with van der Waals surface area (Å²) in [4.78, 5) is 23.9. The van der Waals surface area contributed by atoms with Crippen molar-refractivity contribution in [2.24, 2.45) is 27.2 Å². The summed E-state index contributed by atoms with van der Waals surface area (Å²) in [6.45, 7) is 3.88. The van der Waals surface area contributed by atoms with Gasteiger partial charge in [0.15, 0.2) is 17.3 Å². The molecule has 0 bridgehead atoms. The molecule has 1 saturated carbocycles. The van der Waals surface area contributed by atoms with E-state index in [1.54, 1.807) is 34.1 Å². The van der Waals surface area contributed by atoms with E-state index in [2.05, 4.69) is 20.2 Å². The Morgan fingerprint density at radius 3 is 3.00 bits per heavy atom. The highest BCUT2D eigenvalue weighted by Crippen LogP contribution is 2.61. The van der Waals surface area contributed by atoms with E-state index in [0.717, 1.165) is 5.71 Å². The maximum Gasteiger partial charge on any atom is 0.240 e. The van der Waals surface area contributed by atoms with Crippen LogP contribution in [0.15, 0.2) is 57.9 Å². The van der Waals surface area contributed by atoms with Gasteiger partial charge in [-0.1, -0.05) is 30.7 Å². The Balaban J connectivity index is 1.39. The van der Waals surface area contributed by atoms with Gasteiger partial charge in [0.05, 0.1) is 17.5 Å². The quantitative estimate of drug-likeness (QED) is 0.713. The number of carbonyl (C=O) groups excluding carboxylic acids is 1. The third-order valence-electron chi connectivity index (χ3n) is 6.96. The Morgan fingerprint density at radius 2 is 2.19 bits per heavy atom.